The average molecular weight is 308 g/mol. The molecule has 0 saturated carbocycles. The molecule has 0 unspecified atom stereocenters. The Labute approximate surface area is 111 Å². The van der Waals surface area contributed by atoms with Gasteiger partial charge in [0.05, 0.1) is 5.01 Å². The Hall–Kier alpha value is -1.20. The minimum atomic E-state index is 0.935. The number of thiazole rings is 1. The van der Waals surface area contributed by atoms with E-state index in [9.17, 15) is 0 Å². The van der Waals surface area contributed by atoms with Gasteiger partial charge in [0.1, 0.15) is 17.0 Å². The molecule has 0 amide bonds. The summed E-state index contributed by atoms with van der Waals surface area (Å²) in [4.78, 5) is 10.3. The highest BCUT2D eigenvalue weighted by Crippen LogP contribution is 2.27. The number of pyridine rings is 1. The average Bonchev–Trinajstić information content (AvgIpc) is 2.80. The Morgan fingerprint density at radius 2 is 2.00 bits per heavy atom. The lowest BCUT2D eigenvalue weighted by Crippen LogP contribution is -1.80. The molecule has 0 radical (unpaired) electrons. The van der Waals surface area contributed by atoms with Gasteiger partial charge in [-0.05, 0) is 41.9 Å². The lowest BCUT2D eigenvalue weighted by Gasteiger charge is -1.91. The fourth-order valence-corrected chi connectivity index (χ4v) is 3.02. The van der Waals surface area contributed by atoms with Crippen LogP contribution in [0.4, 0.5) is 0 Å². The van der Waals surface area contributed by atoms with Gasteiger partial charge in [-0.1, -0.05) is 0 Å². The molecule has 3 rings (SSSR count). The molecule has 0 aliphatic rings. The van der Waals surface area contributed by atoms with E-state index in [0.717, 1.165) is 26.5 Å². The Morgan fingerprint density at radius 1 is 1.18 bits per heavy atom. The summed E-state index contributed by atoms with van der Waals surface area (Å²) in [5, 5.41) is 1.08. The van der Waals surface area contributed by atoms with Crippen molar-refractivity contribution in [1.29, 1.82) is 0 Å². The number of nitrogens with zero attached hydrogens (tertiary/aromatic N) is 3. The summed E-state index contributed by atoms with van der Waals surface area (Å²) in [5.41, 5.74) is 2.87. The van der Waals surface area contributed by atoms with Gasteiger partial charge in [0.2, 0.25) is 0 Å². The Bertz CT molecular complexity index is 699. The minimum absolute atomic E-state index is 0.935. The maximum atomic E-state index is 4.58. The fraction of sp³-hybridized carbons (Fsp3) is 0.167. The molecule has 86 valence electrons. The summed E-state index contributed by atoms with van der Waals surface area (Å²) in [6, 6.07) is 3.98. The molecule has 0 saturated heterocycles. The van der Waals surface area contributed by atoms with Gasteiger partial charge >= 0.3 is 0 Å². The number of halogens is 1. The van der Waals surface area contributed by atoms with Gasteiger partial charge in [0.15, 0.2) is 0 Å². The first kappa shape index (κ1) is 10.9. The van der Waals surface area contributed by atoms with Crippen LogP contribution in [0.5, 0.6) is 0 Å². The van der Waals surface area contributed by atoms with Crippen molar-refractivity contribution in [1.82, 2.24) is 14.4 Å². The van der Waals surface area contributed by atoms with Gasteiger partial charge < -0.3 is 4.40 Å². The first-order chi connectivity index (χ1) is 8.13. The third-order valence-electron chi connectivity index (χ3n) is 2.56. The standard InChI is InChI=1S/C12H10BrN3S/c1-7-12(14-8(2)17-7)10-6-16-5-9(13)3-4-11(16)15-10/h3-6H,1-2H3. The zero-order valence-electron chi connectivity index (χ0n) is 9.44. The van der Waals surface area contributed by atoms with Crippen LogP contribution in [0.25, 0.3) is 17.0 Å². The van der Waals surface area contributed by atoms with E-state index in [-0.39, 0.29) is 0 Å². The van der Waals surface area contributed by atoms with Crippen LogP contribution >= 0.6 is 27.3 Å². The summed E-state index contributed by atoms with van der Waals surface area (Å²) in [6.45, 7) is 4.10. The van der Waals surface area contributed by atoms with E-state index in [0.29, 0.717) is 0 Å². The van der Waals surface area contributed by atoms with Gasteiger partial charge in [0, 0.05) is 21.7 Å². The van der Waals surface area contributed by atoms with Crippen LogP contribution in [0.3, 0.4) is 0 Å². The lowest BCUT2D eigenvalue weighted by molar-refractivity contribution is 1.17. The molecule has 0 bridgehead atoms. The molecular formula is C12H10BrN3S. The largest absolute Gasteiger partial charge is 0.305 e. The number of hydrogen-bond acceptors (Lipinski definition) is 3. The van der Waals surface area contributed by atoms with Crippen molar-refractivity contribution in [3.05, 3.63) is 38.9 Å². The maximum absolute atomic E-state index is 4.58. The van der Waals surface area contributed by atoms with Crippen LogP contribution < -0.4 is 0 Å². The highest BCUT2D eigenvalue weighted by molar-refractivity contribution is 9.10. The summed E-state index contributed by atoms with van der Waals surface area (Å²) in [6.07, 6.45) is 4.02. The van der Waals surface area contributed by atoms with E-state index in [4.69, 9.17) is 0 Å². The quantitative estimate of drug-likeness (QED) is 0.684. The maximum Gasteiger partial charge on any atom is 0.137 e. The Balaban J connectivity index is 2.21. The molecule has 0 aromatic carbocycles. The van der Waals surface area contributed by atoms with Gasteiger partial charge in [-0.2, -0.15) is 0 Å². The number of imidazole rings is 1. The minimum Gasteiger partial charge on any atom is -0.305 e. The molecule has 0 aliphatic heterocycles. The molecule has 3 aromatic heterocycles. The smallest absolute Gasteiger partial charge is 0.137 e. The van der Waals surface area contributed by atoms with Gasteiger partial charge in [-0.25, -0.2) is 9.97 Å². The van der Waals surface area contributed by atoms with Crippen molar-refractivity contribution < 1.29 is 0 Å². The van der Waals surface area contributed by atoms with E-state index in [1.165, 1.54) is 4.88 Å². The van der Waals surface area contributed by atoms with Crippen molar-refractivity contribution in [2.75, 3.05) is 0 Å². The lowest BCUT2D eigenvalue weighted by atomic mass is 10.3. The topological polar surface area (TPSA) is 30.2 Å². The van der Waals surface area contributed by atoms with Crippen LogP contribution in [0, 0.1) is 13.8 Å². The van der Waals surface area contributed by atoms with Crippen molar-refractivity contribution in [3.63, 3.8) is 0 Å². The van der Waals surface area contributed by atoms with Crippen LogP contribution in [0.2, 0.25) is 0 Å². The van der Waals surface area contributed by atoms with Gasteiger partial charge in [0.25, 0.3) is 0 Å². The van der Waals surface area contributed by atoms with Crippen LogP contribution in [0.15, 0.2) is 29.0 Å². The Kier molecular flexibility index (Phi) is 2.52. The fourth-order valence-electron chi connectivity index (χ4n) is 1.85. The first-order valence-corrected chi connectivity index (χ1v) is 6.83. The monoisotopic (exact) mass is 307 g/mol. The first-order valence-electron chi connectivity index (χ1n) is 5.22. The molecule has 3 aromatic rings. The van der Waals surface area contributed by atoms with Crippen LogP contribution in [-0.2, 0) is 0 Å². The summed E-state index contributed by atoms with van der Waals surface area (Å²) in [7, 11) is 0. The predicted octanol–water partition coefficient (Wildman–Crippen LogP) is 3.84. The molecule has 0 spiro atoms. The van der Waals surface area contributed by atoms with E-state index < -0.39 is 0 Å². The molecule has 0 fully saturated rings. The van der Waals surface area contributed by atoms with Crippen molar-refractivity contribution in [2.24, 2.45) is 0 Å². The summed E-state index contributed by atoms with van der Waals surface area (Å²) >= 11 is 5.16. The van der Waals surface area contributed by atoms with Crippen LogP contribution in [-0.4, -0.2) is 14.4 Å². The van der Waals surface area contributed by atoms with Crippen molar-refractivity contribution >= 4 is 32.9 Å². The zero-order chi connectivity index (χ0) is 12.0. The third-order valence-corrected chi connectivity index (χ3v) is 3.92. The zero-order valence-corrected chi connectivity index (χ0v) is 11.8. The van der Waals surface area contributed by atoms with Crippen molar-refractivity contribution in [2.45, 2.75) is 13.8 Å². The van der Waals surface area contributed by atoms with E-state index >= 15 is 0 Å². The SMILES string of the molecule is Cc1nc(-c2cn3cc(Br)ccc3n2)c(C)s1. The van der Waals surface area contributed by atoms with E-state index in [1.54, 1.807) is 11.3 Å². The van der Waals surface area contributed by atoms with Gasteiger partial charge in [-0.15, -0.1) is 11.3 Å². The number of hydrogen-bond donors (Lipinski definition) is 0. The van der Waals surface area contributed by atoms with Crippen molar-refractivity contribution in [3.8, 4) is 11.4 Å². The normalized spacial score (nSPS) is 11.2. The Morgan fingerprint density at radius 3 is 2.71 bits per heavy atom. The summed E-state index contributed by atoms with van der Waals surface area (Å²) < 4.78 is 3.05. The highest BCUT2D eigenvalue weighted by Gasteiger charge is 2.11. The summed E-state index contributed by atoms with van der Waals surface area (Å²) in [5.74, 6) is 0. The number of aryl methyl sites for hydroxylation is 2. The second kappa shape index (κ2) is 3.92. The third kappa shape index (κ3) is 1.89. The molecule has 17 heavy (non-hydrogen) atoms. The molecule has 0 atom stereocenters. The number of rotatable bonds is 1. The second-order valence-electron chi connectivity index (χ2n) is 3.88. The molecule has 5 heteroatoms. The number of fused-ring (bicyclic) bond motifs is 1. The van der Waals surface area contributed by atoms with E-state index in [1.807, 2.05) is 35.9 Å². The second-order valence-corrected chi connectivity index (χ2v) is 6.20. The molecule has 3 nitrogen and oxygen atoms in total. The molecular weight excluding hydrogens is 298 g/mol. The predicted molar refractivity (Wildman–Crippen MR) is 73.5 cm³/mol. The van der Waals surface area contributed by atoms with Gasteiger partial charge in [-0.3, -0.25) is 0 Å². The number of aromatic nitrogens is 3. The highest BCUT2D eigenvalue weighted by atomic mass is 79.9. The molecule has 3 heterocycles. The van der Waals surface area contributed by atoms with Crippen LogP contribution in [0.1, 0.15) is 9.88 Å². The van der Waals surface area contributed by atoms with E-state index in [2.05, 4.69) is 32.8 Å². The molecule has 0 N–H and O–H groups in total. The molecule has 0 aliphatic carbocycles.